The largest absolute Gasteiger partial charge is 0.393 e. The summed E-state index contributed by atoms with van der Waals surface area (Å²) in [6.07, 6.45) is 8.07. The van der Waals surface area contributed by atoms with Crippen LogP contribution in [0.15, 0.2) is 35.7 Å². The minimum absolute atomic E-state index is 0.193. The number of anilines is 1. The highest BCUT2D eigenvalue weighted by Crippen LogP contribution is 2.27. The van der Waals surface area contributed by atoms with Crippen molar-refractivity contribution in [3.05, 3.63) is 41.9 Å². The van der Waals surface area contributed by atoms with E-state index in [-0.39, 0.29) is 18.1 Å². The minimum Gasteiger partial charge on any atom is -0.393 e. The third-order valence-electron chi connectivity index (χ3n) is 5.24. The van der Waals surface area contributed by atoms with E-state index < -0.39 is 0 Å². The molecule has 1 fully saturated rings. The number of hydrogen-bond acceptors (Lipinski definition) is 6. The van der Waals surface area contributed by atoms with Gasteiger partial charge in [-0.15, -0.1) is 0 Å². The summed E-state index contributed by atoms with van der Waals surface area (Å²) in [5.74, 6) is 0.480. The molecule has 5 rings (SSSR count). The number of fused-ring (bicyclic) bond motifs is 2. The van der Waals surface area contributed by atoms with Crippen LogP contribution in [0, 0.1) is 0 Å². The average Bonchev–Trinajstić information content (AvgIpc) is 3.31. The number of amides is 1. The van der Waals surface area contributed by atoms with Crippen LogP contribution in [0.2, 0.25) is 0 Å². The molecule has 8 nitrogen and oxygen atoms in total. The van der Waals surface area contributed by atoms with Crippen LogP contribution in [0.3, 0.4) is 0 Å². The lowest BCUT2D eigenvalue weighted by Gasteiger charge is -2.26. The van der Waals surface area contributed by atoms with Crippen LogP contribution in [0.4, 0.5) is 5.82 Å². The zero-order valence-electron chi connectivity index (χ0n) is 14.5. The number of aliphatic hydroxyl groups excluding tert-OH is 1. The van der Waals surface area contributed by atoms with Crippen molar-refractivity contribution in [2.45, 2.75) is 37.8 Å². The van der Waals surface area contributed by atoms with Gasteiger partial charge in [-0.25, -0.2) is 19.5 Å². The lowest BCUT2D eigenvalue weighted by molar-refractivity contribution is 0.101. The summed E-state index contributed by atoms with van der Waals surface area (Å²) in [7, 11) is 0. The molecule has 8 heteroatoms. The smallest absolute Gasteiger partial charge is 0.277 e. The number of benzene rings is 1. The Bertz CT molecular complexity index is 1070. The Morgan fingerprint density at radius 1 is 1.15 bits per heavy atom. The quantitative estimate of drug-likeness (QED) is 0.739. The van der Waals surface area contributed by atoms with E-state index in [1.54, 1.807) is 23.0 Å². The van der Waals surface area contributed by atoms with Crippen molar-refractivity contribution in [2.75, 3.05) is 5.32 Å². The maximum Gasteiger partial charge on any atom is 0.277 e. The summed E-state index contributed by atoms with van der Waals surface area (Å²) >= 11 is 0. The Labute approximate surface area is 155 Å². The summed E-state index contributed by atoms with van der Waals surface area (Å²) in [6.45, 7) is 0. The van der Waals surface area contributed by atoms with E-state index in [1.165, 1.54) is 6.33 Å². The van der Waals surface area contributed by atoms with Gasteiger partial charge in [-0.3, -0.25) is 4.79 Å². The van der Waals surface area contributed by atoms with Crippen molar-refractivity contribution in [1.29, 1.82) is 0 Å². The monoisotopic (exact) mass is 362 g/mol. The molecule has 1 aliphatic carbocycles. The number of hydrogen-bond donors (Lipinski definition) is 2. The van der Waals surface area contributed by atoms with Crippen molar-refractivity contribution >= 4 is 23.6 Å². The second-order valence-corrected chi connectivity index (χ2v) is 7.00. The first-order chi connectivity index (χ1) is 13.2. The van der Waals surface area contributed by atoms with E-state index in [9.17, 15) is 9.90 Å². The van der Waals surface area contributed by atoms with Crippen molar-refractivity contribution < 1.29 is 9.90 Å². The summed E-state index contributed by atoms with van der Waals surface area (Å²) in [5.41, 5.74) is 3.75. The molecule has 2 aliphatic rings. The number of nitrogens with zero attached hydrogens (tertiary/aromatic N) is 5. The molecule has 1 amide bonds. The molecule has 3 aromatic rings. The number of carbonyl (C=O) groups is 1. The molecule has 1 aromatic carbocycles. The topological polar surface area (TPSA) is 105 Å². The van der Waals surface area contributed by atoms with Gasteiger partial charge in [0.25, 0.3) is 5.91 Å². The van der Waals surface area contributed by atoms with Crippen LogP contribution in [0.25, 0.3) is 16.9 Å². The molecule has 1 saturated carbocycles. The molecular formula is C19H18N6O2. The molecule has 0 bridgehead atoms. The van der Waals surface area contributed by atoms with Gasteiger partial charge in [0.2, 0.25) is 0 Å². The Balaban J connectivity index is 1.50. The van der Waals surface area contributed by atoms with E-state index in [4.69, 9.17) is 0 Å². The van der Waals surface area contributed by atoms with E-state index in [1.807, 2.05) is 12.1 Å². The van der Waals surface area contributed by atoms with Crippen molar-refractivity contribution in [3.63, 3.8) is 0 Å². The molecule has 1 aliphatic heterocycles. The fourth-order valence-corrected chi connectivity index (χ4v) is 3.75. The molecule has 2 N–H and O–H groups in total. The predicted molar refractivity (Wildman–Crippen MR) is 100 cm³/mol. The first kappa shape index (κ1) is 16.1. The number of nitrogens with one attached hydrogen (secondary N) is 1. The lowest BCUT2D eigenvalue weighted by atomic mass is 9.93. The third kappa shape index (κ3) is 2.78. The normalized spacial score (nSPS) is 21.6. The number of aliphatic hydroxyl groups is 1. The second kappa shape index (κ2) is 6.24. The molecule has 27 heavy (non-hydrogen) atoms. The van der Waals surface area contributed by atoms with Gasteiger partial charge in [0.15, 0.2) is 11.5 Å². The van der Waals surface area contributed by atoms with Gasteiger partial charge in [-0.2, -0.15) is 5.10 Å². The lowest BCUT2D eigenvalue weighted by Crippen LogP contribution is -2.28. The van der Waals surface area contributed by atoms with E-state index in [2.05, 4.69) is 25.4 Å². The highest BCUT2D eigenvalue weighted by Gasteiger charge is 2.22. The molecule has 0 spiro atoms. The van der Waals surface area contributed by atoms with E-state index >= 15 is 0 Å². The van der Waals surface area contributed by atoms with Crippen LogP contribution in [0.1, 0.15) is 41.6 Å². The van der Waals surface area contributed by atoms with Gasteiger partial charge in [0, 0.05) is 23.4 Å². The molecule has 0 unspecified atom stereocenters. The Morgan fingerprint density at radius 2 is 2.00 bits per heavy atom. The molecular weight excluding hydrogens is 344 g/mol. The number of aromatic nitrogens is 4. The molecule has 2 aromatic heterocycles. The maximum atomic E-state index is 11.7. The van der Waals surface area contributed by atoms with Crippen molar-refractivity contribution in [1.82, 2.24) is 19.6 Å². The zero-order valence-corrected chi connectivity index (χ0v) is 14.5. The molecule has 0 saturated heterocycles. The highest BCUT2D eigenvalue weighted by molar-refractivity contribution is 6.13. The standard InChI is InChI=1S/C19H18N6O2/c26-14-4-2-13(3-5-14)24-17-18-22-10-23-25(18)16(9-20-17)11-1-6-15-12(7-11)8-21-19(15)27/h1,6-10,13-14,26H,2-5H2,(H,20,24). The third-order valence-corrected chi connectivity index (χ3v) is 5.24. The fourth-order valence-electron chi connectivity index (χ4n) is 3.75. The number of rotatable bonds is 3. The van der Waals surface area contributed by atoms with Gasteiger partial charge in [0.1, 0.15) is 6.33 Å². The van der Waals surface area contributed by atoms with E-state index in [0.717, 1.165) is 42.5 Å². The SMILES string of the molecule is O=C1N=Cc2cc(-c3cnc(NC4CCC(O)CC4)c4ncnn34)ccc21. The first-order valence-electron chi connectivity index (χ1n) is 9.05. The summed E-state index contributed by atoms with van der Waals surface area (Å²) in [4.78, 5) is 24.5. The van der Waals surface area contributed by atoms with Gasteiger partial charge in [0.05, 0.1) is 23.6 Å². The van der Waals surface area contributed by atoms with Crippen LogP contribution in [-0.4, -0.2) is 49.0 Å². The van der Waals surface area contributed by atoms with Crippen LogP contribution in [-0.2, 0) is 0 Å². The molecule has 3 heterocycles. The Morgan fingerprint density at radius 3 is 2.85 bits per heavy atom. The predicted octanol–water partition coefficient (Wildman–Crippen LogP) is 2.08. The molecule has 136 valence electrons. The van der Waals surface area contributed by atoms with Gasteiger partial charge >= 0.3 is 0 Å². The maximum absolute atomic E-state index is 11.7. The highest BCUT2D eigenvalue weighted by atomic mass is 16.3. The summed E-state index contributed by atoms with van der Waals surface area (Å²) in [5, 5.41) is 17.5. The van der Waals surface area contributed by atoms with E-state index in [0.29, 0.717) is 17.0 Å². The zero-order chi connectivity index (χ0) is 18.4. The van der Waals surface area contributed by atoms with Crippen LogP contribution < -0.4 is 5.32 Å². The van der Waals surface area contributed by atoms with Crippen LogP contribution in [0.5, 0.6) is 0 Å². The second-order valence-electron chi connectivity index (χ2n) is 7.00. The molecule has 0 radical (unpaired) electrons. The summed E-state index contributed by atoms with van der Waals surface area (Å²) in [6, 6.07) is 5.84. The van der Waals surface area contributed by atoms with Gasteiger partial charge in [-0.05, 0) is 37.8 Å². The number of carbonyl (C=O) groups excluding carboxylic acids is 1. The Hall–Kier alpha value is -3.13. The fraction of sp³-hybridized carbons (Fsp3) is 0.316. The van der Waals surface area contributed by atoms with Crippen molar-refractivity contribution in [2.24, 2.45) is 4.99 Å². The summed E-state index contributed by atoms with van der Waals surface area (Å²) < 4.78 is 1.75. The number of aliphatic imine (C=N–C) groups is 1. The van der Waals surface area contributed by atoms with Crippen molar-refractivity contribution in [3.8, 4) is 11.3 Å². The first-order valence-corrected chi connectivity index (χ1v) is 9.05. The van der Waals surface area contributed by atoms with Gasteiger partial charge in [-0.1, -0.05) is 6.07 Å². The van der Waals surface area contributed by atoms with Crippen LogP contribution >= 0.6 is 0 Å². The minimum atomic E-state index is -0.210. The molecule has 0 atom stereocenters. The average molecular weight is 362 g/mol. The Kier molecular flexibility index (Phi) is 3.71. The van der Waals surface area contributed by atoms with Gasteiger partial charge < -0.3 is 10.4 Å².